The third-order valence-corrected chi connectivity index (χ3v) is 5.23. The summed E-state index contributed by atoms with van der Waals surface area (Å²) in [4.78, 5) is 35.9. The fourth-order valence-electron chi connectivity index (χ4n) is 3.65. The first kappa shape index (κ1) is 22.8. The number of carboxylic acid groups (broad SMARTS) is 1. The highest BCUT2D eigenvalue weighted by Crippen LogP contribution is 2.44. The molecule has 0 spiro atoms. The molecule has 1 aliphatic rings. The number of aliphatic carboxylic acids is 1. The summed E-state index contributed by atoms with van der Waals surface area (Å²) in [5.41, 5.74) is 4.30. The molecule has 0 radical (unpaired) electrons. The summed E-state index contributed by atoms with van der Waals surface area (Å²) in [6.07, 6.45) is -0.856. The van der Waals surface area contributed by atoms with Crippen molar-refractivity contribution in [2.45, 2.75) is 31.3 Å². The number of amides is 2. The molecule has 2 aromatic carbocycles. The summed E-state index contributed by atoms with van der Waals surface area (Å²) in [7, 11) is 0. The van der Waals surface area contributed by atoms with Gasteiger partial charge in [-0.15, -0.1) is 11.8 Å². The van der Waals surface area contributed by atoms with Crippen LogP contribution in [0.2, 0.25) is 0 Å². The van der Waals surface area contributed by atoms with Crippen molar-refractivity contribution in [1.82, 2.24) is 10.6 Å². The van der Waals surface area contributed by atoms with Crippen molar-refractivity contribution in [3.05, 3.63) is 59.7 Å². The van der Waals surface area contributed by atoms with Gasteiger partial charge in [0, 0.05) is 12.3 Å². The van der Waals surface area contributed by atoms with E-state index in [9.17, 15) is 14.4 Å². The predicted molar refractivity (Wildman–Crippen MR) is 117 cm³/mol. The van der Waals surface area contributed by atoms with Gasteiger partial charge in [-0.05, 0) is 29.2 Å². The summed E-state index contributed by atoms with van der Waals surface area (Å²) >= 11 is 0. The lowest BCUT2D eigenvalue weighted by Gasteiger charge is -2.20. The Kier molecular flexibility index (Phi) is 7.47. The lowest BCUT2D eigenvalue weighted by molar-refractivity contribution is -0.143. The molecule has 2 atom stereocenters. The van der Waals surface area contributed by atoms with E-state index in [1.54, 1.807) is 6.92 Å². The number of nitrogens with one attached hydrogen (secondary N) is 2. The first-order chi connectivity index (χ1) is 15.5. The third-order valence-electron chi connectivity index (χ3n) is 5.23. The SMILES string of the molecule is CC#CCC(NC(=O)OCC1c2ccccc2-c2ccccc21)C(=O)N[C@H](CO)C(=O)O. The van der Waals surface area contributed by atoms with Crippen LogP contribution >= 0.6 is 0 Å². The number of alkyl carbamates (subject to hydrolysis) is 1. The first-order valence-corrected chi connectivity index (χ1v) is 10.1. The molecular formula is C24H24N2O6. The summed E-state index contributed by atoms with van der Waals surface area (Å²) < 4.78 is 5.44. The second-order valence-corrected chi connectivity index (χ2v) is 7.24. The van der Waals surface area contributed by atoms with Gasteiger partial charge in [0.05, 0.1) is 6.61 Å². The van der Waals surface area contributed by atoms with Crippen molar-refractivity contribution in [1.29, 1.82) is 0 Å². The second kappa shape index (κ2) is 10.5. The number of aliphatic hydroxyl groups is 1. The number of carbonyl (C=O) groups excluding carboxylic acids is 2. The standard InChI is InChI=1S/C24H24N2O6/c1-2-3-12-20(22(28)25-21(13-27)23(29)30)26-24(31)32-14-19-17-10-6-4-8-15(17)16-9-5-7-11-18(16)19/h4-11,19-21,27H,12-14H2,1H3,(H,25,28)(H,26,31)(H,29,30)/t20?,21-/m1/s1. The molecule has 4 N–H and O–H groups in total. The molecule has 0 fully saturated rings. The van der Waals surface area contributed by atoms with E-state index < -0.39 is 36.7 Å². The van der Waals surface area contributed by atoms with Crippen molar-refractivity contribution < 1.29 is 29.3 Å². The minimum atomic E-state index is -1.48. The van der Waals surface area contributed by atoms with Gasteiger partial charge in [-0.1, -0.05) is 48.5 Å². The van der Waals surface area contributed by atoms with Gasteiger partial charge in [0.2, 0.25) is 5.91 Å². The van der Waals surface area contributed by atoms with E-state index in [2.05, 4.69) is 22.5 Å². The van der Waals surface area contributed by atoms with Gasteiger partial charge in [0.25, 0.3) is 0 Å². The molecule has 0 saturated heterocycles. The van der Waals surface area contributed by atoms with Crippen LogP contribution in [-0.4, -0.2) is 53.5 Å². The minimum absolute atomic E-state index is 0.0374. The molecule has 8 nitrogen and oxygen atoms in total. The van der Waals surface area contributed by atoms with Crippen molar-refractivity contribution in [2.75, 3.05) is 13.2 Å². The first-order valence-electron chi connectivity index (χ1n) is 10.1. The summed E-state index contributed by atoms with van der Waals surface area (Å²) in [6, 6.07) is 13.2. The van der Waals surface area contributed by atoms with Gasteiger partial charge in [-0.2, -0.15) is 0 Å². The molecule has 1 unspecified atom stereocenters. The lowest BCUT2D eigenvalue weighted by Crippen LogP contribution is -2.52. The monoisotopic (exact) mass is 436 g/mol. The van der Waals surface area contributed by atoms with Crippen LogP contribution in [0.25, 0.3) is 11.1 Å². The maximum absolute atomic E-state index is 12.5. The second-order valence-electron chi connectivity index (χ2n) is 7.24. The van der Waals surface area contributed by atoms with E-state index in [4.69, 9.17) is 14.9 Å². The third kappa shape index (κ3) is 5.07. The van der Waals surface area contributed by atoms with Crippen LogP contribution in [0.15, 0.2) is 48.5 Å². The summed E-state index contributed by atoms with van der Waals surface area (Å²) in [6.45, 7) is 0.871. The Morgan fingerprint density at radius 3 is 2.12 bits per heavy atom. The highest BCUT2D eigenvalue weighted by atomic mass is 16.5. The van der Waals surface area contributed by atoms with Gasteiger partial charge in [-0.3, -0.25) is 4.79 Å². The normalized spacial score (nSPS) is 13.6. The Balaban J connectivity index is 1.67. The van der Waals surface area contributed by atoms with Crippen LogP contribution in [0.3, 0.4) is 0 Å². The Morgan fingerprint density at radius 2 is 1.59 bits per heavy atom. The maximum atomic E-state index is 12.5. The maximum Gasteiger partial charge on any atom is 0.407 e. The summed E-state index contributed by atoms with van der Waals surface area (Å²) in [5, 5.41) is 22.7. The summed E-state index contributed by atoms with van der Waals surface area (Å²) in [5.74, 6) is 3.02. The Hall–Kier alpha value is -3.83. The van der Waals surface area contributed by atoms with E-state index >= 15 is 0 Å². The molecule has 3 rings (SSSR count). The van der Waals surface area contributed by atoms with Gasteiger partial charge >= 0.3 is 12.1 Å². The smallest absolute Gasteiger partial charge is 0.407 e. The van der Waals surface area contributed by atoms with Crippen LogP contribution in [0.4, 0.5) is 4.79 Å². The number of benzene rings is 2. The van der Waals surface area contributed by atoms with Crippen molar-refractivity contribution in [3.63, 3.8) is 0 Å². The fourth-order valence-corrected chi connectivity index (χ4v) is 3.65. The Labute approximate surface area is 185 Å². The van der Waals surface area contributed by atoms with E-state index in [1.165, 1.54) is 0 Å². The number of carbonyl (C=O) groups is 3. The predicted octanol–water partition coefficient (Wildman–Crippen LogP) is 1.87. The molecule has 1 aliphatic carbocycles. The topological polar surface area (TPSA) is 125 Å². The molecule has 2 amide bonds. The van der Waals surface area contributed by atoms with E-state index in [1.807, 2.05) is 48.5 Å². The van der Waals surface area contributed by atoms with Crippen molar-refractivity contribution in [2.24, 2.45) is 0 Å². The van der Waals surface area contributed by atoms with E-state index in [-0.39, 0.29) is 18.9 Å². The number of hydrogen-bond acceptors (Lipinski definition) is 5. The molecule has 0 aromatic heterocycles. The Bertz CT molecular complexity index is 1030. The quantitative estimate of drug-likeness (QED) is 0.468. The van der Waals surface area contributed by atoms with Gasteiger partial charge < -0.3 is 25.6 Å². The van der Waals surface area contributed by atoms with E-state index in [0.717, 1.165) is 22.3 Å². The van der Waals surface area contributed by atoms with Crippen molar-refractivity contribution >= 4 is 18.0 Å². The number of hydrogen-bond donors (Lipinski definition) is 4. The van der Waals surface area contributed by atoms with Crippen LogP contribution < -0.4 is 10.6 Å². The van der Waals surface area contributed by atoms with Crippen LogP contribution in [0.5, 0.6) is 0 Å². The number of carboxylic acids is 1. The molecule has 32 heavy (non-hydrogen) atoms. The zero-order chi connectivity index (χ0) is 23.1. The van der Waals surface area contributed by atoms with Crippen LogP contribution in [0, 0.1) is 11.8 Å². The zero-order valence-electron chi connectivity index (χ0n) is 17.5. The van der Waals surface area contributed by atoms with Gasteiger partial charge in [0.15, 0.2) is 0 Å². The molecule has 0 bridgehead atoms. The van der Waals surface area contributed by atoms with Crippen LogP contribution in [0.1, 0.15) is 30.4 Å². The highest BCUT2D eigenvalue weighted by Gasteiger charge is 2.30. The van der Waals surface area contributed by atoms with Gasteiger partial charge in [0.1, 0.15) is 18.7 Å². The van der Waals surface area contributed by atoms with E-state index in [0.29, 0.717) is 0 Å². The number of fused-ring (bicyclic) bond motifs is 3. The number of ether oxygens (including phenoxy) is 1. The molecule has 0 saturated carbocycles. The molecule has 2 aromatic rings. The molecular weight excluding hydrogens is 412 g/mol. The molecule has 0 heterocycles. The fraction of sp³-hybridized carbons (Fsp3) is 0.292. The zero-order valence-corrected chi connectivity index (χ0v) is 17.5. The van der Waals surface area contributed by atoms with Crippen molar-refractivity contribution in [3.8, 4) is 23.0 Å². The molecule has 166 valence electrons. The Morgan fingerprint density at radius 1 is 1.00 bits per heavy atom. The minimum Gasteiger partial charge on any atom is -0.480 e. The average molecular weight is 436 g/mol. The van der Waals surface area contributed by atoms with Crippen LogP contribution in [-0.2, 0) is 14.3 Å². The number of rotatable bonds is 8. The van der Waals surface area contributed by atoms with Gasteiger partial charge in [-0.25, -0.2) is 9.59 Å². The molecule has 0 aliphatic heterocycles. The number of aliphatic hydroxyl groups excluding tert-OH is 1. The highest BCUT2D eigenvalue weighted by molar-refractivity contribution is 5.89. The average Bonchev–Trinajstić information content (AvgIpc) is 3.12. The molecule has 8 heteroatoms. The lowest BCUT2D eigenvalue weighted by atomic mass is 9.98. The largest absolute Gasteiger partial charge is 0.480 e.